The zero-order valence-electron chi connectivity index (χ0n) is 19.8. The van der Waals surface area contributed by atoms with E-state index in [2.05, 4.69) is 20.9 Å². The maximum absolute atomic E-state index is 13.7. The Labute approximate surface area is 213 Å². The molecule has 0 saturated carbocycles. The minimum absolute atomic E-state index is 0.165. The highest BCUT2D eigenvalue weighted by atomic mass is 19.4. The second-order valence-electron chi connectivity index (χ2n) is 8.01. The Kier molecular flexibility index (Phi) is 7.28. The summed E-state index contributed by atoms with van der Waals surface area (Å²) in [6.07, 6.45) is -3.79. The predicted octanol–water partition coefficient (Wildman–Crippen LogP) is 4.55. The molecule has 1 aliphatic rings. The topological polar surface area (TPSA) is 130 Å². The third-order valence-electron chi connectivity index (χ3n) is 5.39. The van der Waals surface area contributed by atoms with Crippen molar-refractivity contribution in [2.75, 3.05) is 22.6 Å². The van der Waals surface area contributed by atoms with Gasteiger partial charge < -0.3 is 20.7 Å². The first-order valence-electron chi connectivity index (χ1n) is 11.2. The summed E-state index contributed by atoms with van der Waals surface area (Å²) >= 11 is 0. The zero-order chi connectivity index (χ0) is 27.4. The maximum Gasteiger partial charge on any atom is 0.418 e. The number of carbonyl (C=O) groups excluding carboxylic acids is 4. The number of urea groups is 1. The number of halogens is 3. The number of carbonyl (C=O) groups is 4. The van der Waals surface area contributed by atoms with E-state index in [0.29, 0.717) is 28.2 Å². The van der Waals surface area contributed by atoms with Crippen molar-refractivity contribution in [3.05, 3.63) is 72.1 Å². The maximum atomic E-state index is 13.7. The zero-order valence-corrected chi connectivity index (χ0v) is 19.8. The lowest BCUT2D eigenvalue weighted by Crippen LogP contribution is -2.31. The molecule has 3 N–H and O–H groups in total. The summed E-state index contributed by atoms with van der Waals surface area (Å²) in [4.78, 5) is 52.4. The highest BCUT2D eigenvalue weighted by Crippen LogP contribution is 2.40. The lowest BCUT2D eigenvalue weighted by atomic mass is 10.1. The second-order valence-corrected chi connectivity index (χ2v) is 8.01. The number of benzene rings is 2. The number of rotatable bonds is 6. The van der Waals surface area contributed by atoms with Crippen molar-refractivity contribution in [3.8, 4) is 11.5 Å². The largest absolute Gasteiger partial charge is 0.457 e. The molecule has 0 bridgehead atoms. The van der Waals surface area contributed by atoms with Crippen LogP contribution in [-0.4, -0.2) is 35.8 Å². The molecule has 0 aliphatic carbocycles. The van der Waals surface area contributed by atoms with Crippen molar-refractivity contribution in [1.29, 1.82) is 0 Å². The fourth-order valence-corrected chi connectivity index (χ4v) is 3.64. The van der Waals surface area contributed by atoms with Crippen LogP contribution >= 0.6 is 0 Å². The van der Waals surface area contributed by atoms with Crippen LogP contribution < -0.4 is 25.6 Å². The fraction of sp³-hybridized carbons (Fsp3) is 0.160. The Morgan fingerprint density at radius 3 is 2.16 bits per heavy atom. The molecular formula is C25H20F3N5O5. The van der Waals surface area contributed by atoms with Crippen LogP contribution in [0.15, 0.2) is 60.8 Å². The monoisotopic (exact) mass is 527 g/mol. The lowest BCUT2D eigenvalue weighted by molar-refractivity contribution is -0.137. The van der Waals surface area contributed by atoms with E-state index in [0.717, 1.165) is 6.07 Å². The quantitative estimate of drug-likeness (QED) is 0.404. The summed E-state index contributed by atoms with van der Waals surface area (Å²) in [5, 5.41) is 7.25. The Balaban J connectivity index is 1.43. The van der Waals surface area contributed by atoms with E-state index in [1.165, 1.54) is 49.6 Å². The number of ether oxygens (including phenoxy) is 1. The van der Waals surface area contributed by atoms with Crippen molar-refractivity contribution < 1.29 is 37.1 Å². The van der Waals surface area contributed by atoms with E-state index < -0.39 is 35.3 Å². The van der Waals surface area contributed by atoms with Crippen molar-refractivity contribution in [2.45, 2.75) is 19.0 Å². The summed E-state index contributed by atoms with van der Waals surface area (Å²) in [5.74, 6) is -1.07. The molecule has 1 aliphatic heterocycles. The van der Waals surface area contributed by atoms with Gasteiger partial charge in [0.15, 0.2) is 0 Å². The van der Waals surface area contributed by atoms with Crippen LogP contribution in [0.25, 0.3) is 0 Å². The van der Waals surface area contributed by atoms with Gasteiger partial charge in [0, 0.05) is 43.5 Å². The molecule has 0 radical (unpaired) electrons. The third kappa shape index (κ3) is 5.88. The van der Waals surface area contributed by atoms with E-state index in [1.807, 2.05) is 0 Å². The van der Waals surface area contributed by atoms with Gasteiger partial charge in [0.1, 0.15) is 17.2 Å². The molecule has 1 aromatic heterocycles. The molecule has 5 amide bonds. The van der Waals surface area contributed by atoms with Crippen LogP contribution in [0.5, 0.6) is 11.5 Å². The highest BCUT2D eigenvalue weighted by molar-refractivity contribution is 6.20. The number of aromatic nitrogens is 1. The number of hydrogen-bond donors (Lipinski definition) is 3. The molecule has 1 saturated heterocycles. The SMILES string of the molecule is CNC(=O)c1cc(Oc2ccc(NC(=O)Nc3ccc(N4C(=O)CCC4=O)c(C(F)(F)F)c3)cc2)ccn1. The smallest absolute Gasteiger partial charge is 0.418 e. The van der Waals surface area contributed by atoms with Crippen molar-refractivity contribution in [3.63, 3.8) is 0 Å². The molecule has 0 spiro atoms. The van der Waals surface area contributed by atoms with Crippen LogP contribution in [0.2, 0.25) is 0 Å². The molecule has 0 atom stereocenters. The average Bonchev–Trinajstić information content (AvgIpc) is 3.22. The fourth-order valence-electron chi connectivity index (χ4n) is 3.64. The van der Waals surface area contributed by atoms with Crippen LogP contribution in [-0.2, 0) is 15.8 Å². The number of imide groups is 1. The van der Waals surface area contributed by atoms with E-state index in [-0.39, 0.29) is 30.1 Å². The van der Waals surface area contributed by atoms with Crippen molar-refractivity contribution >= 4 is 40.8 Å². The molecule has 10 nitrogen and oxygen atoms in total. The van der Waals surface area contributed by atoms with Gasteiger partial charge >= 0.3 is 12.2 Å². The van der Waals surface area contributed by atoms with Gasteiger partial charge in [-0.05, 0) is 48.5 Å². The lowest BCUT2D eigenvalue weighted by Gasteiger charge is -2.20. The minimum Gasteiger partial charge on any atom is -0.457 e. The first kappa shape index (κ1) is 26.1. The number of nitrogens with zero attached hydrogens (tertiary/aromatic N) is 2. The van der Waals surface area contributed by atoms with Gasteiger partial charge in [-0.3, -0.25) is 19.4 Å². The Morgan fingerprint density at radius 1 is 0.895 bits per heavy atom. The summed E-state index contributed by atoms with van der Waals surface area (Å²) in [5.41, 5.74) is -1.52. The van der Waals surface area contributed by atoms with Gasteiger partial charge in [-0.25, -0.2) is 9.69 Å². The van der Waals surface area contributed by atoms with E-state index in [1.54, 1.807) is 6.07 Å². The van der Waals surface area contributed by atoms with Crippen LogP contribution in [0.3, 0.4) is 0 Å². The van der Waals surface area contributed by atoms with Crippen LogP contribution in [0.1, 0.15) is 28.9 Å². The molecule has 1 fully saturated rings. The van der Waals surface area contributed by atoms with Crippen molar-refractivity contribution in [1.82, 2.24) is 10.3 Å². The van der Waals surface area contributed by atoms with E-state index in [9.17, 15) is 32.3 Å². The van der Waals surface area contributed by atoms with E-state index >= 15 is 0 Å². The molecular weight excluding hydrogens is 507 g/mol. The summed E-state index contributed by atoms with van der Waals surface area (Å²) in [6.45, 7) is 0. The molecule has 38 heavy (non-hydrogen) atoms. The Bertz CT molecular complexity index is 1390. The number of alkyl halides is 3. The second kappa shape index (κ2) is 10.6. The summed E-state index contributed by atoms with van der Waals surface area (Å²) in [6, 6.07) is 11.1. The van der Waals surface area contributed by atoms with Gasteiger partial charge in [0.2, 0.25) is 11.8 Å². The van der Waals surface area contributed by atoms with Gasteiger partial charge in [-0.15, -0.1) is 0 Å². The molecule has 13 heteroatoms. The van der Waals surface area contributed by atoms with Crippen molar-refractivity contribution in [2.24, 2.45) is 0 Å². The minimum atomic E-state index is -4.88. The average molecular weight is 527 g/mol. The molecule has 2 aromatic carbocycles. The van der Waals surface area contributed by atoms with Gasteiger partial charge in [0.05, 0.1) is 11.3 Å². The van der Waals surface area contributed by atoms with Gasteiger partial charge in [-0.1, -0.05) is 0 Å². The molecule has 3 aromatic rings. The molecule has 2 heterocycles. The number of nitrogens with one attached hydrogen (secondary N) is 3. The van der Waals surface area contributed by atoms with Crippen LogP contribution in [0.4, 0.5) is 35.0 Å². The van der Waals surface area contributed by atoms with E-state index in [4.69, 9.17) is 4.74 Å². The molecule has 4 rings (SSSR count). The summed E-state index contributed by atoms with van der Waals surface area (Å²) < 4.78 is 46.7. The summed E-state index contributed by atoms with van der Waals surface area (Å²) in [7, 11) is 1.47. The normalized spacial score (nSPS) is 13.3. The number of anilines is 3. The number of amides is 5. The van der Waals surface area contributed by atoms with Gasteiger partial charge in [-0.2, -0.15) is 13.2 Å². The van der Waals surface area contributed by atoms with Gasteiger partial charge in [0.25, 0.3) is 5.91 Å². The molecule has 0 unspecified atom stereocenters. The first-order valence-corrected chi connectivity index (χ1v) is 11.2. The highest BCUT2D eigenvalue weighted by Gasteiger charge is 2.40. The molecule has 196 valence electrons. The predicted molar refractivity (Wildman–Crippen MR) is 130 cm³/mol. The Hall–Kier alpha value is -4.94. The standard InChI is InChI=1S/C25H20F3N5O5/c1-29-23(36)19-13-17(10-11-30-19)38-16-5-2-14(3-6-16)31-24(37)32-15-4-7-20(18(12-15)25(26,27)28)33-21(34)8-9-22(33)35/h2-7,10-13H,8-9H2,1H3,(H,29,36)(H2,31,32,37). The van der Waals surface area contributed by atoms with Crippen LogP contribution in [0, 0.1) is 0 Å². The first-order chi connectivity index (χ1) is 18.0. The number of pyridine rings is 1. The number of hydrogen-bond acceptors (Lipinski definition) is 6. The Morgan fingerprint density at radius 2 is 1.53 bits per heavy atom. The third-order valence-corrected chi connectivity index (χ3v) is 5.39.